The average Bonchev–Trinajstić information content (AvgIpc) is 2.75. The van der Waals surface area contributed by atoms with Crippen molar-refractivity contribution in [2.24, 2.45) is 0 Å². The Morgan fingerprint density at radius 2 is 1.95 bits per heavy atom. The van der Waals surface area contributed by atoms with Crippen LogP contribution in [0.2, 0.25) is 5.02 Å². The Labute approximate surface area is 111 Å². The molecule has 0 bridgehead atoms. The van der Waals surface area contributed by atoms with Gasteiger partial charge in [0.05, 0.1) is 13.2 Å². The van der Waals surface area contributed by atoms with Crippen LogP contribution in [0.5, 0.6) is 0 Å². The van der Waals surface area contributed by atoms with E-state index in [4.69, 9.17) is 16.7 Å². The lowest BCUT2D eigenvalue weighted by Gasteiger charge is -2.11. The third-order valence-corrected chi connectivity index (χ3v) is 2.87. The van der Waals surface area contributed by atoms with Crippen molar-refractivity contribution in [3.63, 3.8) is 0 Å². The zero-order valence-electron chi connectivity index (χ0n) is 9.52. The van der Waals surface area contributed by atoms with Gasteiger partial charge in [-0.15, -0.1) is 5.10 Å². The molecule has 2 aromatic rings. The van der Waals surface area contributed by atoms with Gasteiger partial charge in [0.15, 0.2) is 5.69 Å². The summed E-state index contributed by atoms with van der Waals surface area (Å²) in [6.45, 7) is -0.987. The van der Waals surface area contributed by atoms with Gasteiger partial charge in [-0.1, -0.05) is 35.0 Å². The van der Waals surface area contributed by atoms with Gasteiger partial charge in [-0.25, -0.2) is 4.68 Å². The first-order chi connectivity index (χ1) is 8.93. The summed E-state index contributed by atoms with van der Waals surface area (Å²) >= 11 is 5.89. The van der Waals surface area contributed by atoms with Gasteiger partial charge in [0.25, 0.3) is 0 Å². The minimum Gasteiger partial charge on any atom is -0.390 e. The molecule has 0 fully saturated rings. The van der Waals surface area contributed by atoms with Crippen LogP contribution in [0, 0.1) is 0 Å². The molecule has 0 saturated heterocycles. The van der Waals surface area contributed by atoms with Crippen molar-refractivity contribution >= 4 is 11.6 Å². The second kappa shape index (κ2) is 5.18. The van der Waals surface area contributed by atoms with Gasteiger partial charge >= 0.3 is 6.18 Å². The molecule has 0 atom stereocenters. The number of hydrogen-bond acceptors (Lipinski definition) is 3. The molecule has 0 aliphatic heterocycles. The Balaban J connectivity index is 2.42. The van der Waals surface area contributed by atoms with Gasteiger partial charge in [-0.3, -0.25) is 0 Å². The first-order valence-corrected chi connectivity index (χ1v) is 5.65. The summed E-state index contributed by atoms with van der Waals surface area (Å²) in [7, 11) is 0. The van der Waals surface area contributed by atoms with Crippen molar-refractivity contribution in [2.75, 3.05) is 0 Å². The first-order valence-electron chi connectivity index (χ1n) is 5.27. The second-order valence-electron chi connectivity index (χ2n) is 3.79. The Morgan fingerprint density at radius 1 is 1.26 bits per heavy atom. The molecule has 0 aliphatic carbocycles. The Morgan fingerprint density at radius 3 is 2.53 bits per heavy atom. The van der Waals surface area contributed by atoms with E-state index < -0.39 is 24.2 Å². The molecule has 0 saturated carbocycles. The van der Waals surface area contributed by atoms with Crippen LogP contribution in [0.25, 0.3) is 0 Å². The maximum atomic E-state index is 12.9. The fourth-order valence-electron chi connectivity index (χ4n) is 1.66. The van der Waals surface area contributed by atoms with Gasteiger partial charge in [0.1, 0.15) is 5.69 Å². The molecule has 102 valence electrons. The van der Waals surface area contributed by atoms with Crippen LogP contribution in [0.1, 0.15) is 17.0 Å². The van der Waals surface area contributed by atoms with Crippen LogP contribution in [0.3, 0.4) is 0 Å². The van der Waals surface area contributed by atoms with Crippen LogP contribution in [0.15, 0.2) is 24.3 Å². The number of benzene rings is 1. The molecule has 0 amide bonds. The monoisotopic (exact) mass is 291 g/mol. The van der Waals surface area contributed by atoms with E-state index in [0.717, 1.165) is 0 Å². The topological polar surface area (TPSA) is 50.9 Å². The normalized spacial score (nSPS) is 11.8. The molecule has 19 heavy (non-hydrogen) atoms. The summed E-state index contributed by atoms with van der Waals surface area (Å²) in [4.78, 5) is 0. The molecule has 2 rings (SSSR count). The zero-order valence-corrected chi connectivity index (χ0v) is 10.3. The highest BCUT2D eigenvalue weighted by atomic mass is 35.5. The summed E-state index contributed by atoms with van der Waals surface area (Å²) in [6, 6.07) is 6.52. The molecule has 1 aromatic carbocycles. The third-order valence-electron chi connectivity index (χ3n) is 2.50. The lowest BCUT2D eigenvalue weighted by Crippen LogP contribution is -2.17. The van der Waals surface area contributed by atoms with Gasteiger partial charge in [-0.05, 0) is 11.6 Å². The Kier molecular flexibility index (Phi) is 3.77. The Hall–Kier alpha value is -1.60. The van der Waals surface area contributed by atoms with Crippen molar-refractivity contribution in [1.82, 2.24) is 15.0 Å². The molecule has 0 unspecified atom stereocenters. The molecule has 1 aromatic heterocycles. The van der Waals surface area contributed by atoms with Crippen molar-refractivity contribution in [2.45, 2.75) is 19.3 Å². The van der Waals surface area contributed by atoms with E-state index in [1.54, 1.807) is 24.3 Å². The van der Waals surface area contributed by atoms with Crippen LogP contribution >= 0.6 is 11.6 Å². The van der Waals surface area contributed by atoms with Crippen LogP contribution < -0.4 is 0 Å². The minimum atomic E-state index is -4.64. The van der Waals surface area contributed by atoms with Crippen LogP contribution in [0.4, 0.5) is 13.2 Å². The van der Waals surface area contributed by atoms with Gasteiger partial charge in [-0.2, -0.15) is 13.2 Å². The molecule has 8 heteroatoms. The number of hydrogen-bond donors (Lipinski definition) is 1. The lowest BCUT2D eigenvalue weighted by molar-refractivity contribution is -0.145. The fourth-order valence-corrected chi connectivity index (χ4v) is 1.86. The van der Waals surface area contributed by atoms with E-state index in [1.807, 2.05) is 0 Å². The van der Waals surface area contributed by atoms with E-state index in [0.29, 0.717) is 15.3 Å². The number of aliphatic hydroxyl groups excluding tert-OH is 1. The molecule has 0 spiro atoms. The SMILES string of the molecule is OCc1nnn(Cc2ccccc2Cl)c1C(F)(F)F. The summed E-state index contributed by atoms with van der Waals surface area (Å²) < 4.78 is 39.3. The molecule has 1 N–H and O–H groups in total. The van der Waals surface area contributed by atoms with Crippen molar-refractivity contribution in [1.29, 1.82) is 0 Å². The van der Waals surface area contributed by atoms with Gasteiger partial charge in [0.2, 0.25) is 0 Å². The van der Waals surface area contributed by atoms with E-state index in [9.17, 15) is 13.2 Å². The maximum Gasteiger partial charge on any atom is 0.435 e. The van der Waals surface area contributed by atoms with Crippen molar-refractivity contribution < 1.29 is 18.3 Å². The third kappa shape index (κ3) is 2.87. The summed E-state index contributed by atoms with van der Waals surface area (Å²) in [5, 5.41) is 16.0. The van der Waals surface area contributed by atoms with Gasteiger partial charge < -0.3 is 5.11 Å². The second-order valence-corrected chi connectivity index (χ2v) is 4.20. The molecular formula is C11H9ClF3N3O. The molecular weight excluding hydrogens is 283 g/mol. The quantitative estimate of drug-likeness (QED) is 0.945. The first kappa shape index (κ1) is 13.8. The standard InChI is InChI=1S/C11H9ClF3N3O/c12-8-4-2-1-3-7(8)5-18-10(11(13,14)15)9(6-19)16-17-18/h1-4,19H,5-6H2. The number of halogens is 4. The summed E-state index contributed by atoms with van der Waals surface area (Å²) in [5.41, 5.74) is -1.07. The highest BCUT2D eigenvalue weighted by Gasteiger charge is 2.39. The largest absolute Gasteiger partial charge is 0.435 e. The fraction of sp³-hybridized carbons (Fsp3) is 0.273. The van der Waals surface area contributed by atoms with Crippen LogP contribution in [-0.2, 0) is 19.3 Å². The number of nitrogens with zero attached hydrogens (tertiary/aromatic N) is 3. The van der Waals surface area contributed by atoms with Crippen LogP contribution in [-0.4, -0.2) is 20.1 Å². The van der Waals surface area contributed by atoms with E-state index >= 15 is 0 Å². The predicted octanol–water partition coefficient (Wildman–Crippen LogP) is 2.49. The predicted molar refractivity (Wildman–Crippen MR) is 61.5 cm³/mol. The summed E-state index contributed by atoms with van der Waals surface area (Å²) in [6.07, 6.45) is -4.64. The van der Waals surface area contributed by atoms with E-state index in [1.165, 1.54) is 0 Å². The number of alkyl halides is 3. The minimum absolute atomic E-state index is 0.165. The zero-order chi connectivity index (χ0) is 14.0. The Bertz CT molecular complexity index is 583. The maximum absolute atomic E-state index is 12.9. The summed E-state index contributed by atoms with van der Waals surface area (Å²) in [5.74, 6) is 0. The van der Waals surface area contributed by atoms with Crippen molar-refractivity contribution in [3.05, 3.63) is 46.2 Å². The molecule has 0 aliphatic rings. The smallest absolute Gasteiger partial charge is 0.390 e. The molecule has 0 radical (unpaired) electrons. The molecule has 4 nitrogen and oxygen atoms in total. The van der Waals surface area contributed by atoms with E-state index in [-0.39, 0.29) is 6.54 Å². The van der Waals surface area contributed by atoms with E-state index in [2.05, 4.69) is 10.3 Å². The number of aliphatic hydroxyl groups is 1. The lowest BCUT2D eigenvalue weighted by atomic mass is 10.2. The number of rotatable bonds is 3. The van der Waals surface area contributed by atoms with Crippen molar-refractivity contribution in [3.8, 4) is 0 Å². The highest BCUT2D eigenvalue weighted by Crippen LogP contribution is 2.31. The van der Waals surface area contributed by atoms with Gasteiger partial charge in [0, 0.05) is 5.02 Å². The molecule has 1 heterocycles. The average molecular weight is 292 g/mol. The highest BCUT2D eigenvalue weighted by molar-refractivity contribution is 6.31. The number of aromatic nitrogens is 3.